The van der Waals surface area contributed by atoms with Crippen molar-refractivity contribution in [3.8, 4) is 0 Å². The zero-order chi connectivity index (χ0) is 13.6. The van der Waals surface area contributed by atoms with Gasteiger partial charge in [0.15, 0.2) is 0 Å². The van der Waals surface area contributed by atoms with Gasteiger partial charge in [-0.05, 0) is 36.3 Å². The largest absolute Gasteiger partial charge is 0.466 e. The van der Waals surface area contributed by atoms with Crippen LogP contribution in [0.3, 0.4) is 0 Å². The number of esters is 1. The number of carbonyl (C=O) groups excluding carboxylic acids is 1. The van der Waals surface area contributed by atoms with Crippen molar-refractivity contribution in [2.45, 2.75) is 39.0 Å². The molecule has 0 saturated heterocycles. The van der Waals surface area contributed by atoms with Gasteiger partial charge < -0.3 is 4.74 Å². The molecule has 0 aliphatic heterocycles. The fourth-order valence-corrected chi connectivity index (χ4v) is 4.07. The predicted molar refractivity (Wildman–Crippen MR) is 74.9 cm³/mol. The van der Waals surface area contributed by atoms with Crippen LogP contribution in [0.15, 0.2) is 24.3 Å². The van der Waals surface area contributed by atoms with Crippen LogP contribution in [0.5, 0.6) is 0 Å². The molecule has 0 bridgehead atoms. The van der Waals surface area contributed by atoms with Crippen molar-refractivity contribution >= 4 is 5.97 Å². The zero-order valence-corrected chi connectivity index (χ0v) is 12.0. The van der Waals surface area contributed by atoms with E-state index in [1.165, 1.54) is 11.1 Å². The summed E-state index contributed by atoms with van der Waals surface area (Å²) in [6.07, 6.45) is 2.23. The predicted octanol–water partition coefficient (Wildman–Crippen LogP) is 3.34. The Morgan fingerprint density at radius 3 is 2.42 bits per heavy atom. The highest BCUT2D eigenvalue weighted by molar-refractivity contribution is 5.84. The first kappa shape index (κ1) is 12.7. The fraction of sp³-hybridized carbons (Fsp3) is 0.588. The Hall–Kier alpha value is -1.31. The van der Waals surface area contributed by atoms with Gasteiger partial charge in [0.05, 0.1) is 12.5 Å². The summed E-state index contributed by atoms with van der Waals surface area (Å²) in [5.74, 6) is 1.38. The lowest BCUT2D eigenvalue weighted by Gasteiger charge is -2.18. The van der Waals surface area contributed by atoms with Crippen LogP contribution >= 0.6 is 0 Å². The van der Waals surface area contributed by atoms with Crippen molar-refractivity contribution < 1.29 is 9.53 Å². The maximum Gasteiger partial charge on any atom is 0.310 e. The Morgan fingerprint density at radius 2 is 1.89 bits per heavy atom. The molecule has 102 valence electrons. The molecule has 2 aliphatic carbocycles. The lowest BCUT2D eigenvalue weighted by molar-refractivity contribution is -0.146. The van der Waals surface area contributed by atoms with Crippen LogP contribution in [0, 0.1) is 17.8 Å². The summed E-state index contributed by atoms with van der Waals surface area (Å²) in [6.45, 7) is 6.76. The van der Waals surface area contributed by atoms with Crippen LogP contribution in [0.25, 0.3) is 0 Å². The van der Waals surface area contributed by atoms with Gasteiger partial charge in [0.1, 0.15) is 0 Å². The molecule has 2 aliphatic rings. The topological polar surface area (TPSA) is 26.3 Å². The molecule has 2 nitrogen and oxygen atoms in total. The van der Waals surface area contributed by atoms with Crippen molar-refractivity contribution in [1.82, 2.24) is 0 Å². The Labute approximate surface area is 115 Å². The van der Waals surface area contributed by atoms with E-state index in [0.717, 1.165) is 12.8 Å². The standard InChI is InChI=1S/C17H22O2/c1-4-11-7-9-12(10-8-11)17-13(5-2)14(17)15(17)16(18)19-6-3/h7-10,13-15H,4-6H2,1-3H3/t13-,14?,15+,17?/m1/s1. The van der Waals surface area contributed by atoms with Crippen molar-refractivity contribution in [3.63, 3.8) is 0 Å². The summed E-state index contributed by atoms with van der Waals surface area (Å²) in [4.78, 5) is 12.0. The summed E-state index contributed by atoms with van der Waals surface area (Å²) in [6, 6.07) is 8.85. The number of fused-ring (bicyclic) bond motifs is 1. The van der Waals surface area contributed by atoms with Gasteiger partial charge >= 0.3 is 5.97 Å². The minimum Gasteiger partial charge on any atom is -0.466 e. The molecule has 4 atom stereocenters. The van der Waals surface area contributed by atoms with Crippen molar-refractivity contribution in [2.24, 2.45) is 17.8 Å². The second-order valence-electron chi connectivity index (χ2n) is 5.75. The van der Waals surface area contributed by atoms with E-state index in [9.17, 15) is 4.79 Å². The molecule has 3 rings (SSSR count). The zero-order valence-electron chi connectivity index (χ0n) is 12.0. The molecule has 2 fully saturated rings. The van der Waals surface area contributed by atoms with Crippen LogP contribution in [0.4, 0.5) is 0 Å². The highest BCUT2D eigenvalue weighted by Gasteiger charge is 2.88. The van der Waals surface area contributed by atoms with Gasteiger partial charge in [-0.2, -0.15) is 0 Å². The number of hydrogen-bond donors (Lipinski definition) is 0. The first-order chi connectivity index (χ1) is 9.21. The van der Waals surface area contributed by atoms with E-state index in [4.69, 9.17) is 4.74 Å². The van der Waals surface area contributed by atoms with Gasteiger partial charge in [0.25, 0.3) is 0 Å². The summed E-state index contributed by atoms with van der Waals surface area (Å²) < 4.78 is 5.21. The van der Waals surface area contributed by atoms with Crippen molar-refractivity contribution in [2.75, 3.05) is 6.61 Å². The number of ether oxygens (including phenoxy) is 1. The van der Waals surface area contributed by atoms with E-state index in [1.807, 2.05) is 6.92 Å². The Kier molecular flexibility index (Phi) is 2.92. The SMILES string of the molecule is CCOC(=O)[C@@H]1C2[C@@H](CC)C21c1ccc(CC)cc1. The van der Waals surface area contributed by atoms with Crippen molar-refractivity contribution in [3.05, 3.63) is 35.4 Å². The Bertz CT molecular complexity index is 490. The third kappa shape index (κ3) is 1.58. The van der Waals surface area contributed by atoms with Gasteiger partial charge in [-0.1, -0.05) is 44.5 Å². The molecule has 19 heavy (non-hydrogen) atoms. The molecule has 0 amide bonds. The van der Waals surface area contributed by atoms with Gasteiger partial charge in [-0.3, -0.25) is 4.79 Å². The summed E-state index contributed by atoms with van der Waals surface area (Å²) >= 11 is 0. The summed E-state index contributed by atoms with van der Waals surface area (Å²) in [7, 11) is 0. The molecular weight excluding hydrogens is 236 g/mol. The molecule has 1 aromatic rings. The molecule has 2 heteroatoms. The third-order valence-electron chi connectivity index (χ3n) is 5.10. The Morgan fingerprint density at radius 1 is 1.21 bits per heavy atom. The molecule has 0 heterocycles. The average molecular weight is 258 g/mol. The smallest absolute Gasteiger partial charge is 0.310 e. The molecule has 0 spiro atoms. The summed E-state index contributed by atoms with van der Waals surface area (Å²) in [5.41, 5.74) is 2.84. The fourth-order valence-electron chi connectivity index (χ4n) is 4.07. The van der Waals surface area contributed by atoms with Crippen LogP contribution in [-0.2, 0) is 21.4 Å². The minimum atomic E-state index is 0.0109. The number of hydrogen-bond acceptors (Lipinski definition) is 2. The van der Waals surface area contributed by atoms with Gasteiger partial charge in [0.2, 0.25) is 0 Å². The molecule has 0 aromatic heterocycles. The molecule has 0 N–H and O–H groups in total. The van der Waals surface area contributed by atoms with Crippen molar-refractivity contribution in [1.29, 1.82) is 0 Å². The van der Waals surface area contributed by atoms with E-state index in [2.05, 4.69) is 38.1 Å². The minimum absolute atomic E-state index is 0.0109. The Balaban J connectivity index is 1.83. The van der Waals surface area contributed by atoms with Crippen LogP contribution < -0.4 is 0 Å². The quantitative estimate of drug-likeness (QED) is 0.757. The number of carbonyl (C=O) groups is 1. The molecule has 2 unspecified atom stereocenters. The number of benzene rings is 1. The number of aryl methyl sites for hydroxylation is 1. The number of rotatable bonds is 5. The second kappa shape index (κ2) is 4.36. The van der Waals surface area contributed by atoms with E-state index in [0.29, 0.717) is 18.4 Å². The molecule has 2 saturated carbocycles. The normalized spacial score (nSPS) is 34.6. The second-order valence-corrected chi connectivity index (χ2v) is 5.75. The highest BCUT2D eigenvalue weighted by atomic mass is 16.5. The van der Waals surface area contributed by atoms with Crippen LogP contribution in [0.1, 0.15) is 38.3 Å². The van der Waals surface area contributed by atoms with E-state index in [-0.39, 0.29) is 17.3 Å². The van der Waals surface area contributed by atoms with Gasteiger partial charge in [-0.15, -0.1) is 0 Å². The molecular formula is C17H22O2. The maximum atomic E-state index is 12.0. The van der Waals surface area contributed by atoms with E-state index in [1.54, 1.807) is 0 Å². The molecule has 0 radical (unpaired) electrons. The first-order valence-electron chi connectivity index (χ1n) is 7.47. The monoisotopic (exact) mass is 258 g/mol. The van der Waals surface area contributed by atoms with E-state index >= 15 is 0 Å². The highest BCUT2D eigenvalue weighted by Crippen LogP contribution is 2.85. The lowest BCUT2D eigenvalue weighted by atomic mass is 9.88. The first-order valence-corrected chi connectivity index (χ1v) is 7.47. The van der Waals surface area contributed by atoms with Gasteiger partial charge in [0, 0.05) is 5.41 Å². The molecule has 1 aromatic carbocycles. The van der Waals surface area contributed by atoms with Crippen LogP contribution in [-0.4, -0.2) is 12.6 Å². The van der Waals surface area contributed by atoms with Gasteiger partial charge in [-0.25, -0.2) is 0 Å². The van der Waals surface area contributed by atoms with E-state index < -0.39 is 0 Å². The van der Waals surface area contributed by atoms with Crippen LogP contribution in [0.2, 0.25) is 0 Å². The maximum absolute atomic E-state index is 12.0. The third-order valence-corrected chi connectivity index (χ3v) is 5.10. The average Bonchev–Trinajstić information content (AvgIpc) is 3.28. The summed E-state index contributed by atoms with van der Waals surface area (Å²) in [5, 5.41) is 0. The lowest BCUT2D eigenvalue weighted by Crippen LogP contribution is -2.22.